The average Bonchev–Trinajstić information content (AvgIpc) is 2.18. The van der Waals surface area contributed by atoms with Crippen LogP contribution in [-0.4, -0.2) is 33.2 Å². The van der Waals surface area contributed by atoms with Crippen molar-refractivity contribution in [1.29, 1.82) is 0 Å². The zero-order valence-electron chi connectivity index (χ0n) is 11.5. The van der Waals surface area contributed by atoms with E-state index >= 15 is 0 Å². The summed E-state index contributed by atoms with van der Waals surface area (Å²) >= 11 is -1.77. The van der Waals surface area contributed by atoms with Gasteiger partial charge in [0.1, 0.15) is 0 Å². The van der Waals surface area contributed by atoms with E-state index in [-0.39, 0.29) is 0 Å². The second-order valence-corrected chi connectivity index (χ2v) is 25.1. The molecule has 0 aromatic rings. The van der Waals surface area contributed by atoms with Crippen molar-refractivity contribution >= 4 is 26.6 Å². The van der Waals surface area contributed by atoms with Gasteiger partial charge in [0.25, 0.3) is 0 Å². The van der Waals surface area contributed by atoms with Crippen LogP contribution in [0.25, 0.3) is 0 Å². The molecule has 0 saturated heterocycles. The Balaban J connectivity index is 4.13. The van der Waals surface area contributed by atoms with Crippen LogP contribution in [0.5, 0.6) is 0 Å². The second-order valence-electron chi connectivity index (χ2n) is 5.46. The molecule has 1 N–H and O–H groups in total. The summed E-state index contributed by atoms with van der Waals surface area (Å²) in [6.45, 7) is 15.3. The SMILES string of the molecule is C[CH2][Sn]([CH]=CCN[Si](C)(C)C)([CH2]C)[CH2]C. The van der Waals surface area contributed by atoms with Crippen LogP contribution in [0.4, 0.5) is 0 Å². The van der Waals surface area contributed by atoms with Gasteiger partial charge in [-0.25, -0.2) is 0 Å². The molecule has 3 heteroatoms. The van der Waals surface area contributed by atoms with Crippen LogP contribution in [0, 0.1) is 0 Å². The van der Waals surface area contributed by atoms with Crippen LogP contribution in [0.15, 0.2) is 10.2 Å². The maximum atomic E-state index is 3.65. The second kappa shape index (κ2) is 7.12. The van der Waals surface area contributed by atoms with Gasteiger partial charge in [0, 0.05) is 0 Å². The van der Waals surface area contributed by atoms with E-state index in [1.165, 1.54) is 13.3 Å². The molecular formula is C12H29NSiSn. The van der Waals surface area contributed by atoms with Crippen LogP contribution >= 0.6 is 0 Å². The third kappa shape index (κ3) is 6.79. The Morgan fingerprint density at radius 3 is 1.80 bits per heavy atom. The first-order chi connectivity index (χ1) is 6.89. The van der Waals surface area contributed by atoms with Crippen LogP contribution in [0.2, 0.25) is 33.0 Å². The summed E-state index contributed by atoms with van der Waals surface area (Å²) in [4.78, 5) is 3.65. The Morgan fingerprint density at radius 1 is 1.00 bits per heavy atom. The third-order valence-corrected chi connectivity index (χ3v) is 19.3. The Kier molecular flexibility index (Phi) is 7.46. The Morgan fingerprint density at radius 2 is 1.47 bits per heavy atom. The molecule has 0 aromatic heterocycles. The van der Waals surface area contributed by atoms with E-state index in [4.69, 9.17) is 0 Å². The first-order valence-electron chi connectivity index (χ1n) is 6.32. The molecule has 0 unspecified atom stereocenters. The Labute approximate surface area is 102 Å². The molecule has 1 nitrogen and oxygen atoms in total. The van der Waals surface area contributed by atoms with E-state index in [1.807, 2.05) is 0 Å². The van der Waals surface area contributed by atoms with Crippen molar-refractivity contribution in [2.75, 3.05) is 6.54 Å². The monoisotopic (exact) mass is 335 g/mol. The summed E-state index contributed by atoms with van der Waals surface area (Å²) < 4.78 is 7.03. The minimum absolute atomic E-state index is 1.06. The average molecular weight is 334 g/mol. The van der Waals surface area contributed by atoms with Gasteiger partial charge in [-0.1, -0.05) is 0 Å². The molecule has 0 aliphatic rings. The summed E-state index contributed by atoms with van der Waals surface area (Å²) in [5, 5.41) is 0. The normalized spacial score (nSPS) is 13.7. The molecule has 0 atom stereocenters. The Bertz CT molecular complexity index is 184. The van der Waals surface area contributed by atoms with Gasteiger partial charge < -0.3 is 0 Å². The quantitative estimate of drug-likeness (QED) is 0.694. The van der Waals surface area contributed by atoms with Crippen LogP contribution in [0.3, 0.4) is 0 Å². The zero-order chi connectivity index (χ0) is 11.9. The molecule has 0 spiro atoms. The molecule has 0 aromatic carbocycles. The predicted octanol–water partition coefficient (Wildman–Crippen LogP) is 4.01. The van der Waals surface area contributed by atoms with Crippen molar-refractivity contribution in [2.45, 2.75) is 53.7 Å². The zero-order valence-corrected chi connectivity index (χ0v) is 15.3. The van der Waals surface area contributed by atoms with Gasteiger partial charge in [-0.2, -0.15) is 0 Å². The van der Waals surface area contributed by atoms with Crippen molar-refractivity contribution in [3.05, 3.63) is 10.2 Å². The van der Waals surface area contributed by atoms with E-state index in [0.29, 0.717) is 0 Å². The van der Waals surface area contributed by atoms with Gasteiger partial charge >= 0.3 is 102 Å². The van der Waals surface area contributed by atoms with Crippen molar-refractivity contribution in [2.24, 2.45) is 0 Å². The van der Waals surface area contributed by atoms with Gasteiger partial charge in [0.05, 0.1) is 0 Å². The molecule has 90 valence electrons. The van der Waals surface area contributed by atoms with Crippen LogP contribution < -0.4 is 4.98 Å². The molecule has 0 rings (SSSR count). The standard InChI is InChI=1S/C6H14NSi.3C2H5.Sn/c1-5-6-7-8(2,3)4;3*1-2;/h1,5,7H,6H2,2-4H3;3*1H2,2H3;. The van der Waals surface area contributed by atoms with E-state index < -0.39 is 26.6 Å². The van der Waals surface area contributed by atoms with E-state index in [2.05, 4.69) is 55.6 Å². The molecule has 0 amide bonds. The molecule has 0 aliphatic heterocycles. The summed E-state index contributed by atoms with van der Waals surface area (Å²) in [5.41, 5.74) is 0. The van der Waals surface area contributed by atoms with Gasteiger partial charge in [0.2, 0.25) is 0 Å². The van der Waals surface area contributed by atoms with Crippen molar-refractivity contribution in [3.63, 3.8) is 0 Å². The molecule has 0 aliphatic carbocycles. The maximum absolute atomic E-state index is 3.65. The van der Waals surface area contributed by atoms with Gasteiger partial charge in [0.15, 0.2) is 0 Å². The number of nitrogens with one attached hydrogen (secondary N) is 1. The fourth-order valence-electron chi connectivity index (χ4n) is 1.78. The first-order valence-corrected chi connectivity index (χ1v) is 17.5. The third-order valence-electron chi connectivity index (χ3n) is 3.33. The molecule has 15 heavy (non-hydrogen) atoms. The number of hydrogen-bond donors (Lipinski definition) is 1. The van der Waals surface area contributed by atoms with Gasteiger partial charge in [-0.05, 0) is 0 Å². The molecule has 0 bridgehead atoms. The van der Waals surface area contributed by atoms with Gasteiger partial charge in [-0.3, -0.25) is 0 Å². The molecule has 0 radical (unpaired) electrons. The van der Waals surface area contributed by atoms with Crippen molar-refractivity contribution < 1.29 is 0 Å². The summed E-state index contributed by atoms with van der Waals surface area (Å²) in [7, 11) is -1.06. The fraction of sp³-hybridized carbons (Fsp3) is 0.833. The van der Waals surface area contributed by atoms with Crippen LogP contribution in [0.1, 0.15) is 20.8 Å². The molecule has 0 saturated carbocycles. The van der Waals surface area contributed by atoms with E-state index in [0.717, 1.165) is 6.54 Å². The van der Waals surface area contributed by atoms with Gasteiger partial charge in [-0.15, -0.1) is 0 Å². The molecule has 0 heterocycles. The fourth-order valence-corrected chi connectivity index (χ4v) is 10.6. The topological polar surface area (TPSA) is 12.0 Å². The van der Waals surface area contributed by atoms with Crippen LogP contribution in [-0.2, 0) is 0 Å². The minimum atomic E-state index is -1.77. The van der Waals surface area contributed by atoms with E-state index in [1.54, 1.807) is 0 Å². The molecular weight excluding hydrogens is 305 g/mol. The summed E-state index contributed by atoms with van der Waals surface area (Å²) in [6, 6.07) is 0. The molecule has 0 fully saturated rings. The Hall–Kier alpha value is 0.716. The summed E-state index contributed by atoms with van der Waals surface area (Å²) in [5.74, 6) is 0. The first kappa shape index (κ1) is 15.7. The predicted molar refractivity (Wildman–Crippen MR) is 77.7 cm³/mol. The summed E-state index contributed by atoms with van der Waals surface area (Å²) in [6.07, 6.45) is 2.42. The van der Waals surface area contributed by atoms with E-state index in [9.17, 15) is 0 Å². The number of hydrogen-bond acceptors (Lipinski definition) is 1. The van der Waals surface area contributed by atoms with Crippen molar-refractivity contribution in [3.8, 4) is 0 Å². The number of rotatable bonds is 7. The van der Waals surface area contributed by atoms with Crippen molar-refractivity contribution in [1.82, 2.24) is 4.98 Å².